The summed E-state index contributed by atoms with van der Waals surface area (Å²) in [6.45, 7) is 6.03. The first kappa shape index (κ1) is 25.5. The number of aliphatic hydroxyl groups excluding tert-OH is 1. The lowest BCUT2D eigenvalue weighted by Crippen LogP contribution is -2.42. The summed E-state index contributed by atoms with van der Waals surface area (Å²) in [5.74, 6) is 0.0253. The van der Waals surface area contributed by atoms with Crippen LogP contribution in [0.5, 0.6) is 17.2 Å². The van der Waals surface area contributed by atoms with Gasteiger partial charge in [-0.2, -0.15) is 0 Å². The predicted octanol–water partition coefficient (Wildman–Crippen LogP) is 2.86. The van der Waals surface area contributed by atoms with Crippen LogP contribution in [0.25, 0.3) is 5.76 Å². The van der Waals surface area contributed by atoms with Crippen LogP contribution in [0.2, 0.25) is 0 Å². The fourth-order valence-corrected chi connectivity index (χ4v) is 4.59. The lowest BCUT2D eigenvalue weighted by molar-refractivity contribution is -0.140. The quantitative estimate of drug-likeness (QED) is 0.322. The number of likely N-dealkylation sites (tertiary alicyclic amines) is 1. The maximum Gasteiger partial charge on any atom is 0.295 e. The minimum Gasteiger partial charge on any atom is -0.507 e. The molecule has 1 amide bonds. The Labute approximate surface area is 210 Å². The molecular weight excluding hydrogens is 464 g/mol. The molecule has 4 rings (SSSR count). The summed E-state index contributed by atoms with van der Waals surface area (Å²) in [6.07, 6.45) is 0. The molecule has 0 spiro atoms. The topological polar surface area (TPSA) is 97.8 Å². The highest BCUT2D eigenvalue weighted by molar-refractivity contribution is 6.46. The number of aliphatic hydroxyl groups is 1. The summed E-state index contributed by atoms with van der Waals surface area (Å²) in [5.41, 5.74) is 0.986. The predicted molar refractivity (Wildman–Crippen MR) is 133 cm³/mol. The molecule has 9 nitrogen and oxygen atoms in total. The highest BCUT2D eigenvalue weighted by atomic mass is 16.5. The number of Topliss-reactive ketones (excluding diaryl/α,β-unsaturated/α-hetero) is 1. The molecule has 0 saturated carbocycles. The molecule has 0 radical (unpaired) electrons. The Morgan fingerprint density at radius 1 is 1.00 bits per heavy atom. The van der Waals surface area contributed by atoms with Crippen molar-refractivity contribution < 1.29 is 33.6 Å². The van der Waals surface area contributed by atoms with Crippen LogP contribution in [0.15, 0.2) is 48.0 Å². The number of carbonyl (C=O) groups is 2. The van der Waals surface area contributed by atoms with E-state index in [1.54, 1.807) is 49.6 Å². The molecule has 2 aromatic carbocycles. The highest BCUT2D eigenvalue weighted by Gasteiger charge is 2.47. The Hall–Kier alpha value is -3.56. The summed E-state index contributed by atoms with van der Waals surface area (Å²) in [7, 11) is 3.07. The van der Waals surface area contributed by atoms with Gasteiger partial charge in [0.25, 0.3) is 11.7 Å². The SMILES string of the molecule is CCOc1ccc(C(O)=C2C(=O)C(=O)N(CCN3CCOCC3)[C@@H]2c2cc(OC)ccc2OC)cc1. The average Bonchev–Trinajstić information content (AvgIpc) is 3.17. The molecule has 0 aromatic heterocycles. The van der Waals surface area contributed by atoms with Crippen molar-refractivity contribution in [3.05, 3.63) is 59.2 Å². The first-order chi connectivity index (χ1) is 17.5. The number of amides is 1. The molecule has 1 N–H and O–H groups in total. The molecule has 36 heavy (non-hydrogen) atoms. The Bertz CT molecular complexity index is 1120. The second kappa shape index (κ2) is 11.5. The van der Waals surface area contributed by atoms with Crippen molar-refractivity contribution in [3.8, 4) is 17.2 Å². The smallest absolute Gasteiger partial charge is 0.295 e. The highest BCUT2D eigenvalue weighted by Crippen LogP contribution is 2.43. The van der Waals surface area contributed by atoms with Gasteiger partial charge in [0.15, 0.2) is 0 Å². The van der Waals surface area contributed by atoms with E-state index in [0.717, 1.165) is 13.1 Å². The molecule has 2 heterocycles. The summed E-state index contributed by atoms with van der Waals surface area (Å²) in [5, 5.41) is 11.3. The minimum atomic E-state index is -0.845. The largest absolute Gasteiger partial charge is 0.507 e. The van der Waals surface area contributed by atoms with E-state index in [0.29, 0.717) is 61.3 Å². The van der Waals surface area contributed by atoms with E-state index < -0.39 is 17.7 Å². The molecule has 2 fully saturated rings. The van der Waals surface area contributed by atoms with Crippen molar-refractivity contribution >= 4 is 17.4 Å². The molecule has 2 aliphatic heterocycles. The number of hydrogen-bond donors (Lipinski definition) is 1. The zero-order chi connectivity index (χ0) is 25.7. The van der Waals surface area contributed by atoms with Crippen LogP contribution in [0.4, 0.5) is 0 Å². The Morgan fingerprint density at radius 3 is 2.33 bits per heavy atom. The molecule has 0 aliphatic carbocycles. The van der Waals surface area contributed by atoms with Crippen LogP contribution in [0, 0.1) is 0 Å². The maximum atomic E-state index is 13.3. The monoisotopic (exact) mass is 496 g/mol. The summed E-state index contributed by atoms with van der Waals surface area (Å²) in [6, 6.07) is 11.1. The van der Waals surface area contributed by atoms with Gasteiger partial charge in [-0.05, 0) is 49.4 Å². The average molecular weight is 497 g/mol. The van der Waals surface area contributed by atoms with E-state index in [1.807, 2.05) is 6.92 Å². The Balaban J connectivity index is 1.79. The number of carbonyl (C=O) groups excluding carboxylic acids is 2. The number of ether oxygens (including phenoxy) is 4. The summed E-state index contributed by atoms with van der Waals surface area (Å²) < 4.78 is 21.9. The van der Waals surface area contributed by atoms with E-state index in [-0.39, 0.29) is 11.3 Å². The summed E-state index contributed by atoms with van der Waals surface area (Å²) >= 11 is 0. The van der Waals surface area contributed by atoms with Crippen LogP contribution in [-0.2, 0) is 14.3 Å². The molecule has 2 saturated heterocycles. The van der Waals surface area contributed by atoms with Crippen molar-refractivity contribution in [2.45, 2.75) is 13.0 Å². The molecule has 0 unspecified atom stereocenters. The number of methoxy groups -OCH3 is 2. The fourth-order valence-electron chi connectivity index (χ4n) is 4.59. The lowest BCUT2D eigenvalue weighted by Gasteiger charge is -2.31. The standard InChI is InChI=1S/C27H32N2O7/c1-4-36-19-7-5-18(6-8-19)25(30)23-24(21-17-20(33-2)9-10-22(21)34-3)29(27(32)26(23)31)12-11-28-13-15-35-16-14-28/h5-10,17,24,30H,4,11-16H2,1-3H3/t24-/m1/s1. The van der Waals surface area contributed by atoms with Crippen molar-refractivity contribution in [3.63, 3.8) is 0 Å². The van der Waals surface area contributed by atoms with Gasteiger partial charge in [-0.3, -0.25) is 14.5 Å². The van der Waals surface area contributed by atoms with Crippen molar-refractivity contribution in [2.75, 3.05) is 60.2 Å². The van der Waals surface area contributed by atoms with Gasteiger partial charge in [0.05, 0.1) is 45.7 Å². The van der Waals surface area contributed by atoms with Crippen LogP contribution in [0.3, 0.4) is 0 Å². The van der Waals surface area contributed by atoms with Gasteiger partial charge in [0, 0.05) is 37.3 Å². The van der Waals surface area contributed by atoms with Crippen LogP contribution in [-0.4, -0.2) is 86.8 Å². The van der Waals surface area contributed by atoms with Crippen LogP contribution < -0.4 is 14.2 Å². The molecular formula is C27H32N2O7. The number of rotatable bonds is 9. The third kappa shape index (κ3) is 5.17. The first-order valence-corrected chi connectivity index (χ1v) is 12.0. The van der Waals surface area contributed by atoms with E-state index in [1.165, 1.54) is 12.0 Å². The van der Waals surface area contributed by atoms with Crippen LogP contribution in [0.1, 0.15) is 24.1 Å². The van der Waals surface area contributed by atoms with Crippen molar-refractivity contribution in [1.29, 1.82) is 0 Å². The number of morpholine rings is 1. The van der Waals surface area contributed by atoms with Gasteiger partial charge < -0.3 is 29.0 Å². The number of benzene rings is 2. The van der Waals surface area contributed by atoms with Gasteiger partial charge in [-0.25, -0.2) is 0 Å². The minimum absolute atomic E-state index is 0.0118. The number of ketones is 1. The van der Waals surface area contributed by atoms with Gasteiger partial charge in [0.2, 0.25) is 0 Å². The molecule has 192 valence electrons. The molecule has 2 aliphatic rings. The molecule has 1 atom stereocenters. The fraction of sp³-hybridized carbons (Fsp3) is 0.407. The van der Waals surface area contributed by atoms with E-state index in [2.05, 4.69) is 4.90 Å². The van der Waals surface area contributed by atoms with Gasteiger partial charge in [-0.15, -0.1) is 0 Å². The third-order valence-electron chi connectivity index (χ3n) is 6.47. The second-order valence-corrected chi connectivity index (χ2v) is 8.51. The van der Waals surface area contributed by atoms with Gasteiger partial charge >= 0.3 is 0 Å². The number of nitrogens with zero attached hydrogens (tertiary/aromatic N) is 2. The molecule has 9 heteroatoms. The van der Waals surface area contributed by atoms with E-state index >= 15 is 0 Å². The third-order valence-corrected chi connectivity index (χ3v) is 6.47. The molecule has 2 aromatic rings. The first-order valence-electron chi connectivity index (χ1n) is 12.0. The van der Waals surface area contributed by atoms with E-state index in [9.17, 15) is 14.7 Å². The van der Waals surface area contributed by atoms with Crippen LogP contribution >= 0.6 is 0 Å². The summed E-state index contributed by atoms with van der Waals surface area (Å²) in [4.78, 5) is 30.3. The Kier molecular flexibility index (Phi) is 8.12. The zero-order valence-corrected chi connectivity index (χ0v) is 20.9. The zero-order valence-electron chi connectivity index (χ0n) is 20.9. The van der Waals surface area contributed by atoms with Gasteiger partial charge in [0.1, 0.15) is 23.0 Å². The van der Waals surface area contributed by atoms with E-state index in [4.69, 9.17) is 18.9 Å². The van der Waals surface area contributed by atoms with Gasteiger partial charge in [-0.1, -0.05) is 0 Å². The number of hydrogen-bond acceptors (Lipinski definition) is 8. The Morgan fingerprint density at radius 2 is 1.69 bits per heavy atom. The second-order valence-electron chi connectivity index (χ2n) is 8.51. The molecule has 0 bridgehead atoms. The normalized spacial score (nSPS) is 20.0. The van der Waals surface area contributed by atoms with Crippen molar-refractivity contribution in [2.24, 2.45) is 0 Å². The van der Waals surface area contributed by atoms with Crippen molar-refractivity contribution in [1.82, 2.24) is 9.80 Å². The maximum absolute atomic E-state index is 13.3. The lowest BCUT2D eigenvalue weighted by atomic mass is 9.94.